The number of H-pyrrole nitrogens is 1. The third kappa shape index (κ3) is 3.41. The van der Waals surface area contributed by atoms with E-state index in [0.717, 1.165) is 11.6 Å². The minimum atomic E-state index is -0.995. The van der Waals surface area contributed by atoms with Crippen molar-refractivity contribution in [2.45, 2.75) is 13.8 Å². The molecule has 0 bridgehead atoms. The molecular formula is C17H16BrNO5. The number of esters is 2. The zero-order valence-corrected chi connectivity index (χ0v) is 15.0. The number of aromatic amines is 1. The highest BCUT2D eigenvalue weighted by Gasteiger charge is 2.29. The molecule has 0 fully saturated rings. The third-order valence-electron chi connectivity index (χ3n) is 3.46. The van der Waals surface area contributed by atoms with Crippen molar-refractivity contribution >= 4 is 33.7 Å². The molecule has 0 radical (unpaired) electrons. The van der Waals surface area contributed by atoms with Crippen LogP contribution in [0.2, 0.25) is 0 Å². The molecule has 2 rings (SSSR count). The lowest BCUT2D eigenvalue weighted by Gasteiger charge is -2.04. The SMILES string of the molecule is CCOC(=O)c1[nH]c(-c2ccc(Br)cc2)c(C(=O)C(=O)OC)c1C. The summed E-state index contributed by atoms with van der Waals surface area (Å²) < 4.78 is 10.4. The van der Waals surface area contributed by atoms with Crippen molar-refractivity contribution in [2.24, 2.45) is 0 Å². The number of benzene rings is 1. The maximum Gasteiger partial charge on any atom is 0.379 e. The zero-order valence-electron chi connectivity index (χ0n) is 13.4. The van der Waals surface area contributed by atoms with E-state index in [2.05, 4.69) is 25.7 Å². The first-order chi connectivity index (χ1) is 11.4. The first-order valence-electron chi connectivity index (χ1n) is 7.19. The summed E-state index contributed by atoms with van der Waals surface area (Å²) in [6.45, 7) is 3.47. The second-order valence-electron chi connectivity index (χ2n) is 4.92. The number of hydrogen-bond acceptors (Lipinski definition) is 5. The van der Waals surface area contributed by atoms with Crippen molar-refractivity contribution < 1.29 is 23.9 Å². The molecule has 1 heterocycles. The molecule has 126 valence electrons. The Morgan fingerprint density at radius 2 is 1.79 bits per heavy atom. The fourth-order valence-corrected chi connectivity index (χ4v) is 2.58. The molecule has 1 aromatic heterocycles. The zero-order chi connectivity index (χ0) is 17.9. The van der Waals surface area contributed by atoms with E-state index >= 15 is 0 Å². The summed E-state index contributed by atoms with van der Waals surface area (Å²) >= 11 is 3.34. The molecule has 0 aliphatic carbocycles. The first-order valence-corrected chi connectivity index (χ1v) is 7.98. The second-order valence-corrected chi connectivity index (χ2v) is 5.84. The lowest BCUT2D eigenvalue weighted by molar-refractivity contribution is -0.135. The van der Waals surface area contributed by atoms with Crippen LogP contribution in [-0.2, 0) is 14.3 Å². The summed E-state index contributed by atoms with van der Waals surface area (Å²) in [5.74, 6) is -2.40. The number of hydrogen-bond donors (Lipinski definition) is 1. The van der Waals surface area contributed by atoms with E-state index in [0.29, 0.717) is 16.8 Å². The van der Waals surface area contributed by atoms with Gasteiger partial charge in [0.05, 0.1) is 25.0 Å². The van der Waals surface area contributed by atoms with Crippen molar-refractivity contribution in [1.29, 1.82) is 0 Å². The summed E-state index contributed by atoms with van der Waals surface area (Å²) in [7, 11) is 1.13. The van der Waals surface area contributed by atoms with Gasteiger partial charge < -0.3 is 14.5 Å². The van der Waals surface area contributed by atoms with Gasteiger partial charge in [-0.1, -0.05) is 28.1 Å². The van der Waals surface area contributed by atoms with Crippen LogP contribution in [0.1, 0.15) is 33.3 Å². The molecule has 0 saturated heterocycles. The quantitative estimate of drug-likeness (QED) is 0.478. The van der Waals surface area contributed by atoms with E-state index in [4.69, 9.17) is 4.74 Å². The van der Waals surface area contributed by atoms with Crippen molar-refractivity contribution in [3.63, 3.8) is 0 Å². The Kier molecular flexibility index (Phi) is 5.56. The molecular weight excluding hydrogens is 378 g/mol. The molecule has 0 saturated carbocycles. The molecule has 0 aliphatic rings. The van der Waals surface area contributed by atoms with Gasteiger partial charge in [0.25, 0.3) is 5.78 Å². The number of carbonyl (C=O) groups excluding carboxylic acids is 3. The van der Waals surface area contributed by atoms with E-state index in [1.807, 2.05) is 0 Å². The van der Waals surface area contributed by atoms with E-state index in [-0.39, 0.29) is 17.9 Å². The second kappa shape index (κ2) is 7.44. The number of Topliss-reactive ketones (excluding diaryl/α,β-unsaturated/α-hetero) is 1. The molecule has 0 spiro atoms. The number of carbonyl (C=O) groups is 3. The van der Waals surface area contributed by atoms with Crippen LogP contribution in [0, 0.1) is 6.92 Å². The summed E-state index contributed by atoms with van der Waals surface area (Å²) in [5, 5.41) is 0. The maximum absolute atomic E-state index is 12.4. The summed E-state index contributed by atoms with van der Waals surface area (Å²) in [4.78, 5) is 39.1. The molecule has 6 nitrogen and oxygen atoms in total. The molecule has 0 atom stereocenters. The Morgan fingerprint density at radius 3 is 2.33 bits per heavy atom. The molecule has 7 heteroatoms. The normalized spacial score (nSPS) is 10.3. The van der Waals surface area contributed by atoms with Gasteiger partial charge >= 0.3 is 11.9 Å². The summed E-state index contributed by atoms with van der Waals surface area (Å²) in [5.41, 5.74) is 1.62. The standard InChI is InChI=1S/C17H16BrNO5/c1-4-24-16(21)13-9(2)12(15(20)17(22)23-3)14(19-13)10-5-7-11(18)8-6-10/h5-8,19H,4H2,1-3H3. The average Bonchev–Trinajstić information content (AvgIpc) is 2.91. The highest BCUT2D eigenvalue weighted by molar-refractivity contribution is 9.10. The van der Waals surface area contributed by atoms with Gasteiger partial charge in [0.2, 0.25) is 0 Å². The maximum atomic E-state index is 12.4. The monoisotopic (exact) mass is 393 g/mol. The van der Waals surface area contributed by atoms with Crippen molar-refractivity contribution in [2.75, 3.05) is 13.7 Å². The van der Waals surface area contributed by atoms with Gasteiger partial charge in [-0.15, -0.1) is 0 Å². The van der Waals surface area contributed by atoms with E-state index in [9.17, 15) is 14.4 Å². The number of halogens is 1. The summed E-state index contributed by atoms with van der Waals surface area (Å²) in [6, 6.07) is 7.11. The Hall–Kier alpha value is -2.41. The molecule has 0 amide bonds. The highest BCUT2D eigenvalue weighted by Crippen LogP contribution is 2.30. The number of methoxy groups -OCH3 is 1. The number of nitrogens with one attached hydrogen (secondary N) is 1. The van der Waals surface area contributed by atoms with Gasteiger partial charge in [-0.25, -0.2) is 9.59 Å². The topological polar surface area (TPSA) is 85.5 Å². The van der Waals surface area contributed by atoms with E-state index in [1.54, 1.807) is 38.1 Å². The molecule has 24 heavy (non-hydrogen) atoms. The van der Waals surface area contributed by atoms with Crippen molar-refractivity contribution in [3.8, 4) is 11.3 Å². The van der Waals surface area contributed by atoms with Gasteiger partial charge in [-0.05, 0) is 37.1 Å². The van der Waals surface area contributed by atoms with Gasteiger partial charge in [0.1, 0.15) is 5.69 Å². The van der Waals surface area contributed by atoms with Gasteiger partial charge in [-0.2, -0.15) is 0 Å². The van der Waals surface area contributed by atoms with E-state index in [1.165, 1.54) is 0 Å². The van der Waals surface area contributed by atoms with Gasteiger partial charge in [0, 0.05) is 4.47 Å². The smallest absolute Gasteiger partial charge is 0.379 e. The van der Waals surface area contributed by atoms with Crippen LogP contribution in [0.4, 0.5) is 0 Å². The minimum Gasteiger partial charge on any atom is -0.463 e. The van der Waals surface area contributed by atoms with E-state index < -0.39 is 17.7 Å². The molecule has 2 aromatic rings. The highest BCUT2D eigenvalue weighted by atomic mass is 79.9. The van der Waals surface area contributed by atoms with Crippen LogP contribution in [0.3, 0.4) is 0 Å². The molecule has 1 aromatic carbocycles. The number of aromatic nitrogens is 1. The van der Waals surface area contributed by atoms with Crippen LogP contribution in [0.25, 0.3) is 11.3 Å². The van der Waals surface area contributed by atoms with Crippen LogP contribution >= 0.6 is 15.9 Å². The molecule has 1 N–H and O–H groups in total. The molecule has 0 unspecified atom stereocenters. The van der Waals surface area contributed by atoms with Crippen molar-refractivity contribution in [3.05, 3.63) is 45.6 Å². The minimum absolute atomic E-state index is 0.104. The fourth-order valence-electron chi connectivity index (χ4n) is 2.31. The average molecular weight is 394 g/mol. The Labute approximate surface area is 147 Å². The Balaban J connectivity index is 2.65. The van der Waals surface area contributed by atoms with Crippen LogP contribution in [0.5, 0.6) is 0 Å². The largest absolute Gasteiger partial charge is 0.463 e. The predicted molar refractivity (Wildman–Crippen MR) is 91.0 cm³/mol. The Morgan fingerprint density at radius 1 is 1.17 bits per heavy atom. The fraction of sp³-hybridized carbons (Fsp3) is 0.235. The van der Waals surface area contributed by atoms with Crippen molar-refractivity contribution in [1.82, 2.24) is 4.98 Å². The Bertz CT molecular complexity index is 792. The lowest BCUT2D eigenvalue weighted by Crippen LogP contribution is -2.17. The van der Waals surface area contributed by atoms with Crippen LogP contribution in [-0.4, -0.2) is 36.4 Å². The summed E-state index contributed by atoms with van der Waals surface area (Å²) in [6.07, 6.45) is 0. The van der Waals surface area contributed by atoms with Crippen LogP contribution in [0.15, 0.2) is 28.7 Å². The first kappa shape index (κ1) is 17.9. The lowest BCUT2D eigenvalue weighted by atomic mass is 10.0. The third-order valence-corrected chi connectivity index (χ3v) is 3.99. The van der Waals surface area contributed by atoms with Gasteiger partial charge in [0.15, 0.2) is 0 Å². The molecule has 0 aliphatic heterocycles. The number of ketones is 1. The van der Waals surface area contributed by atoms with Crippen LogP contribution < -0.4 is 0 Å². The van der Waals surface area contributed by atoms with Gasteiger partial charge in [-0.3, -0.25) is 4.79 Å². The number of rotatable bonds is 5. The number of ether oxygens (including phenoxy) is 2. The predicted octanol–water partition coefficient (Wildman–Crippen LogP) is 3.29.